The summed E-state index contributed by atoms with van der Waals surface area (Å²) in [6.07, 6.45) is -2.57. The molecule has 0 spiro atoms. The van der Waals surface area contributed by atoms with Crippen LogP contribution < -0.4 is 15.0 Å². The lowest BCUT2D eigenvalue weighted by Crippen LogP contribution is -2.38. The first kappa shape index (κ1) is 19.0. The van der Waals surface area contributed by atoms with Crippen molar-refractivity contribution in [1.29, 1.82) is 0 Å². The van der Waals surface area contributed by atoms with Gasteiger partial charge in [0.15, 0.2) is 0 Å². The van der Waals surface area contributed by atoms with Gasteiger partial charge in [-0.1, -0.05) is 12.1 Å². The molecular weight excluding hydrogens is 359 g/mol. The van der Waals surface area contributed by atoms with Crippen molar-refractivity contribution in [1.82, 2.24) is 10.3 Å². The first-order chi connectivity index (χ1) is 12.8. The van der Waals surface area contributed by atoms with Crippen LogP contribution >= 0.6 is 0 Å². The number of rotatable bonds is 5. The van der Waals surface area contributed by atoms with Crippen LogP contribution in [0.25, 0.3) is 0 Å². The zero-order chi connectivity index (χ0) is 19.4. The van der Waals surface area contributed by atoms with E-state index in [9.17, 15) is 18.0 Å². The van der Waals surface area contributed by atoms with E-state index in [-0.39, 0.29) is 18.4 Å². The normalized spacial score (nSPS) is 17.0. The number of hydrogen-bond donors (Lipinski definition) is 1. The number of halogens is 3. The highest BCUT2D eigenvalue weighted by Gasteiger charge is 2.31. The number of carbonyl (C=O) groups is 1. The maximum absolute atomic E-state index is 12.6. The third-order valence-electron chi connectivity index (χ3n) is 4.48. The van der Waals surface area contributed by atoms with E-state index in [1.807, 2.05) is 17.0 Å². The standard InChI is InChI=1S/C19H20F3N3O2/c1-27-16-5-2-13(3-6-16)10-18(26)24-15-8-9-25(12-15)17-7-4-14(11-23-17)19(20,21)22/h2-7,11,15H,8-10,12H2,1H3,(H,24,26). The molecule has 0 bridgehead atoms. The molecule has 2 heterocycles. The quantitative estimate of drug-likeness (QED) is 0.868. The molecule has 1 aromatic carbocycles. The number of benzene rings is 1. The van der Waals surface area contributed by atoms with Crippen molar-refractivity contribution in [3.05, 3.63) is 53.7 Å². The molecule has 1 N–H and O–H groups in total. The lowest BCUT2D eigenvalue weighted by Gasteiger charge is -2.18. The van der Waals surface area contributed by atoms with Crippen molar-refractivity contribution in [2.75, 3.05) is 25.1 Å². The summed E-state index contributed by atoms with van der Waals surface area (Å²) in [7, 11) is 1.58. The van der Waals surface area contributed by atoms with Gasteiger partial charge in [0.05, 0.1) is 19.1 Å². The molecule has 1 atom stereocenters. The van der Waals surface area contributed by atoms with Crippen LogP contribution in [0.4, 0.5) is 19.0 Å². The van der Waals surface area contributed by atoms with Gasteiger partial charge in [0.2, 0.25) is 5.91 Å². The van der Waals surface area contributed by atoms with E-state index < -0.39 is 11.7 Å². The SMILES string of the molecule is COc1ccc(CC(=O)NC2CCN(c3ccc(C(F)(F)F)cn3)C2)cc1. The number of hydrogen-bond acceptors (Lipinski definition) is 4. The Hall–Kier alpha value is -2.77. The fourth-order valence-electron chi connectivity index (χ4n) is 3.03. The van der Waals surface area contributed by atoms with Crippen LogP contribution in [0.2, 0.25) is 0 Å². The molecule has 1 aliphatic rings. The number of nitrogens with zero attached hydrogens (tertiary/aromatic N) is 2. The minimum absolute atomic E-state index is 0.0557. The molecule has 3 rings (SSSR count). The molecule has 1 fully saturated rings. The highest BCUT2D eigenvalue weighted by Crippen LogP contribution is 2.29. The summed E-state index contributed by atoms with van der Waals surface area (Å²) in [6.45, 7) is 1.15. The zero-order valence-electron chi connectivity index (χ0n) is 14.8. The molecule has 1 amide bonds. The Morgan fingerprint density at radius 1 is 1.26 bits per heavy atom. The average Bonchev–Trinajstić information content (AvgIpc) is 3.10. The van der Waals surface area contributed by atoms with Crippen LogP contribution in [0.5, 0.6) is 5.75 Å². The summed E-state index contributed by atoms with van der Waals surface area (Å²) in [5, 5.41) is 2.97. The summed E-state index contributed by atoms with van der Waals surface area (Å²) >= 11 is 0. The molecule has 144 valence electrons. The summed E-state index contributed by atoms with van der Waals surface area (Å²) < 4.78 is 42.9. The molecule has 0 radical (unpaired) electrons. The second-order valence-corrected chi connectivity index (χ2v) is 6.43. The van der Waals surface area contributed by atoms with Crippen molar-refractivity contribution >= 4 is 11.7 Å². The van der Waals surface area contributed by atoms with Crippen molar-refractivity contribution < 1.29 is 22.7 Å². The Kier molecular flexibility index (Phi) is 5.53. The predicted molar refractivity (Wildman–Crippen MR) is 94.7 cm³/mol. The Bertz CT molecular complexity index is 776. The van der Waals surface area contributed by atoms with Crippen LogP contribution in [0, 0.1) is 0 Å². The number of pyridine rings is 1. The second-order valence-electron chi connectivity index (χ2n) is 6.43. The monoisotopic (exact) mass is 379 g/mol. The summed E-state index contributed by atoms with van der Waals surface area (Å²) in [5.74, 6) is 1.12. The maximum Gasteiger partial charge on any atom is 0.417 e. The molecular formula is C19H20F3N3O2. The van der Waals surface area contributed by atoms with E-state index in [1.165, 1.54) is 6.07 Å². The number of anilines is 1. The van der Waals surface area contributed by atoms with E-state index in [0.717, 1.165) is 30.0 Å². The van der Waals surface area contributed by atoms with Gasteiger partial charge < -0.3 is 15.0 Å². The molecule has 8 heteroatoms. The first-order valence-electron chi connectivity index (χ1n) is 8.55. The molecule has 0 saturated carbocycles. The molecule has 2 aromatic rings. The van der Waals surface area contributed by atoms with Crippen molar-refractivity contribution in [2.24, 2.45) is 0 Å². The summed E-state index contributed by atoms with van der Waals surface area (Å²) in [4.78, 5) is 18.0. The second kappa shape index (κ2) is 7.85. The van der Waals surface area contributed by atoms with Crippen molar-refractivity contribution in [2.45, 2.75) is 25.1 Å². The van der Waals surface area contributed by atoms with Gasteiger partial charge in [-0.05, 0) is 36.2 Å². The molecule has 1 aromatic heterocycles. The minimum atomic E-state index is -4.39. The first-order valence-corrected chi connectivity index (χ1v) is 8.55. The molecule has 1 saturated heterocycles. The van der Waals surface area contributed by atoms with Gasteiger partial charge in [0.1, 0.15) is 11.6 Å². The summed E-state index contributed by atoms with van der Waals surface area (Å²) in [6, 6.07) is 9.62. The average molecular weight is 379 g/mol. The Labute approximate surface area is 155 Å². The summed E-state index contributed by atoms with van der Waals surface area (Å²) in [5.41, 5.74) is 0.113. The van der Waals surface area contributed by atoms with Gasteiger partial charge in [0.25, 0.3) is 0 Å². The Morgan fingerprint density at radius 3 is 2.59 bits per heavy atom. The van der Waals surface area contributed by atoms with Crippen LogP contribution in [-0.4, -0.2) is 37.1 Å². The molecule has 1 aliphatic heterocycles. The van der Waals surface area contributed by atoms with Crippen molar-refractivity contribution in [3.63, 3.8) is 0 Å². The van der Waals surface area contributed by atoms with Crippen molar-refractivity contribution in [3.8, 4) is 5.75 Å². The van der Waals surface area contributed by atoms with E-state index in [1.54, 1.807) is 19.2 Å². The maximum atomic E-state index is 12.6. The van der Waals surface area contributed by atoms with Gasteiger partial charge in [0, 0.05) is 25.3 Å². The number of alkyl halides is 3. The highest BCUT2D eigenvalue weighted by molar-refractivity contribution is 5.79. The fourth-order valence-corrected chi connectivity index (χ4v) is 3.03. The number of nitrogens with one attached hydrogen (secondary N) is 1. The van der Waals surface area contributed by atoms with Crippen LogP contribution in [0.1, 0.15) is 17.5 Å². The number of amides is 1. The van der Waals surface area contributed by atoms with E-state index in [2.05, 4.69) is 10.3 Å². The van der Waals surface area contributed by atoms with E-state index in [0.29, 0.717) is 18.9 Å². The van der Waals surface area contributed by atoms with Gasteiger partial charge in [-0.3, -0.25) is 4.79 Å². The lowest BCUT2D eigenvalue weighted by molar-refractivity contribution is -0.137. The molecule has 0 aliphatic carbocycles. The van der Waals surface area contributed by atoms with Gasteiger partial charge in [-0.25, -0.2) is 4.98 Å². The third-order valence-corrected chi connectivity index (χ3v) is 4.48. The van der Waals surface area contributed by atoms with Gasteiger partial charge >= 0.3 is 6.18 Å². The van der Waals surface area contributed by atoms with Crippen LogP contribution in [0.3, 0.4) is 0 Å². The van der Waals surface area contributed by atoms with E-state index in [4.69, 9.17) is 4.74 Å². The molecule has 1 unspecified atom stereocenters. The Balaban J connectivity index is 1.52. The Morgan fingerprint density at radius 2 is 2.00 bits per heavy atom. The number of carbonyl (C=O) groups excluding carboxylic acids is 1. The number of aromatic nitrogens is 1. The lowest BCUT2D eigenvalue weighted by atomic mass is 10.1. The van der Waals surface area contributed by atoms with Crippen LogP contribution in [-0.2, 0) is 17.4 Å². The zero-order valence-corrected chi connectivity index (χ0v) is 14.8. The smallest absolute Gasteiger partial charge is 0.417 e. The minimum Gasteiger partial charge on any atom is -0.497 e. The van der Waals surface area contributed by atoms with Gasteiger partial charge in [-0.15, -0.1) is 0 Å². The topological polar surface area (TPSA) is 54.5 Å². The third kappa shape index (κ3) is 4.90. The predicted octanol–water partition coefficient (Wildman–Crippen LogP) is 3.05. The highest BCUT2D eigenvalue weighted by atomic mass is 19.4. The van der Waals surface area contributed by atoms with Gasteiger partial charge in [-0.2, -0.15) is 13.2 Å². The van der Waals surface area contributed by atoms with E-state index >= 15 is 0 Å². The molecule has 27 heavy (non-hydrogen) atoms. The number of methoxy groups -OCH3 is 1. The fraction of sp³-hybridized carbons (Fsp3) is 0.368. The molecule has 5 nitrogen and oxygen atoms in total. The number of ether oxygens (including phenoxy) is 1. The largest absolute Gasteiger partial charge is 0.497 e. The van der Waals surface area contributed by atoms with Crippen LogP contribution in [0.15, 0.2) is 42.6 Å².